The Labute approximate surface area is 95.3 Å². The predicted molar refractivity (Wildman–Crippen MR) is 64.7 cm³/mol. The van der Waals surface area contributed by atoms with Crippen LogP contribution in [-0.4, -0.2) is 21.3 Å². The van der Waals surface area contributed by atoms with Crippen molar-refractivity contribution in [2.45, 2.75) is 13.8 Å². The van der Waals surface area contributed by atoms with E-state index in [1.807, 2.05) is 12.1 Å². The van der Waals surface area contributed by atoms with E-state index < -0.39 is 0 Å². The van der Waals surface area contributed by atoms with E-state index in [0.717, 1.165) is 17.9 Å². The van der Waals surface area contributed by atoms with E-state index >= 15 is 0 Å². The first kappa shape index (κ1) is 10.7. The van der Waals surface area contributed by atoms with E-state index in [1.165, 1.54) is 6.33 Å². The number of hydrogen-bond donors (Lipinski definition) is 1. The van der Waals surface area contributed by atoms with Crippen molar-refractivity contribution in [1.82, 2.24) is 14.8 Å². The van der Waals surface area contributed by atoms with Gasteiger partial charge in [0.25, 0.3) is 0 Å². The quantitative estimate of drug-likeness (QED) is 0.853. The van der Waals surface area contributed by atoms with Gasteiger partial charge in [0.05, 0.1) is 5.69 Å². The number of nitrogens with zero attached hydrogens (tertiary/aromatic N) is 3. The van der Waals surface area contributed by atoms with Crippen LogP contribution in [0.2, 0.25) is 0 Å². The molecule has 0 radical (unpaired) electrons. The molecule has 0 spiro atoms. The fourth-order valence-electron chi connectivity index (χ4n) is 1.40. The monoisotopic (exact) mass is 216 g/mol. The van der Waals surface area contributed by atoms with Crippen LogP contribution in [0.4, 0.5) is 5.69 Å². The molecule has 0 bridgehead atoms. The Balaban J connectivity index is 2.05. The summed E-state index contributed by atoms with van der Waals surface area (Å²) in [6.45, 7) is 5.37. The van der Waals surface area contributed by atoms with E-state index in [-0.39, 0.29) is 0 Å². The average molecular weight is 216 g/mol. The van der Waals surface area contributed by atoms with Gasteiger partial charge in [-0.3, -0.25) is 0 Å². The summed E-state index contributed by atoms with van der Waals surface area (Å²) in [5.41, 5.74) is 2.16. The molecule has 0 saturated carbocycles. The van der Waals surface area contributed by atoms with Crippen LogP contribution in [-0.2, 0) is 0 Å². The molecule has 0 atom stereocenters. The highest BCUT2D eigenvalue weighted by Crippen LogP contribution is 2.12. The van der Waals surface area contributed by atoms with Crippen LogP contribution in [0, 0.1) is 5.92 Å². The zero-order valence-electron chi connectivity index (χ0n) is 9.59. The van der Waals surface area contributed by atoms with Crippen LogP contribution in [0.1, 0.15) is 13.8 Å². The Bertz CT molecular complexity index is 417. The second-order valence-electron chi connectivity index (χ2n) is 4.16. The molecule has 0 amide bonds. The van der Waals surface area contributed by atoms with Gasteiger partial charge >= 0.3 is 0 Å². The van der Waals surface area contributed by atoms with Gasteiger partial charge in [0.15, 0.2) is 0 Å². The van der Waals surface area contributed by atoms with Gasteiger partial charge in [0.2, 0.25) is 0 Å². The van der Waals surface area contributed by atoms with Crippen LogP contribution >= 0.6 is 0 Å². The third-order valence-electron chi connectivity index (χ3n) is 2.27. The number of nitrogens with one attached hydrogen (secondary N) is 1. The lowest BCUT2D eigenvalue weighted by Gasteiger charge is -2.09. The second kappa shape index (κ2) is 4.79. The number of hydrogen-bond acceptors (Lipinski definition) is 3. The molecule has 2 aromatic rings. The largest absolute Gasteiger partial charge is 0.385 e. The summed E-state index contributed by atoms with van der Waals surface area (Å²) in [4.78, 5) is 3.92. The number of benzene rings is 1. The van der Waals surface area contributed by atoms with Gasteiger partial charge in [0.1, 0.15) is 12.7 Å². The van der Waals surface area contributed by atoms with E-state index in [1.54, 1.807) is 11.0 Å². The Hall–Kier alpha value is -1.84. The van der Waals surface area contributed by atoms with Crippen molar-refractivity contribution in [1.29, 1.82) is 0 Å². The molecule has 4 nitrogen and oxygen atoms in total. The molecule has 0 aliphatic rings. The molecule has 4 heteroatoms. The van der Waals surface area contributed by atoms with Crippen LogP contribution in [0.25, 0.3) is 5.69 Å². The van der Waals surface area contributed by atoms with Crippen LogP contribution in [0.3, 0.4) is 0 Å². The summed E-state index contributed by atoms with van der Waals surface area (Å²) in [6, 6.07) is 8.16. The van der Waals surface area contributed by atoms with Gasteiger partial charge in [-0.15, -0.1) is 0 Å². The van der Waals surface area contributed by atoms with Crippen molar-refractivity contribution in [3.63, 3.8) is 0 Å². The van der Waals surface area contributed by atoms with Crippen molar-refractivity contribution < 1.29 is 0 Å². The zero-order chi connectivity index (χ0) is 11.4. The normalized spacial score (nSPS) is 10.7. The van der Waals surface area contributed by atoms with Crippen LogP contribution in [0.5, 0.6) is 0 Å². The number of anilines is 1. The predicted octanol–water partition coefficient (Wildman–Crippen LogP) is 2.34. The van der Waals surface area contributed by atoms with E-state index in [9.17, 15) is 0 Å². The summed E-state index contributed by atoms with van der Waals surface area (Å²) in [5.74, 6) is 0.648. The molecule has 1 aromatic carbocycles. The molecule has 0 saturated heterocycles. The first-order valence-electron chi connectivity index (χ1n) is 5.44. The molecule has 0 fully saturated rings. The van der Waals surface area contributed by atoms with Crippen molar-refractivity contribution in [2.75, 3.05) is 11.9 Å². The minimum Gasteiger partial charge on any atom is -0.385 e. The average Bonchev–Trinajstić information content (AvgIpc) is 2.80. The van der Waals surface area contributed by atoms with Crippen molar-refractivity contribution >= 4 is 5.69 Å². The van der Waals surface area contributed by atoms with E-state index in [0.29, 0.717) is 5.92 Å². The fourth-order valence-corrected chi connectivity index (χ4v) is 1.40. The van der Waals surface area contributed by atoms with Crippen molar-refractivity contribution in [3.05, 3.63) is 36.9 Å². The lowest BCUT2D eigenvalue weighted by atomic mass is 10.2. The molecule has 1 heterocycles. The van der Waals surface area contributed by atoms with E-state index in [2.05, 4.69) is 41.4 Å². The Kier molecular flexibility index (Phi) is 3.19. The molecule has 0 aliphatic carbocycles. The third-order valence-corrected chi connectivity index (χ3v) is 2.27. The van der Waals surface area contributed by atoms with Gasteiger partial charge < -0.3 is 5.32 Å². The Morgan fingerprint density at radius 2 is 2.00 bits per heavy atom. The molecule has 1 N–H and O–H groups in total. The number of aromatic nitrogens is 3. The summed E-state index contributed by atoms with van der Waals surface area (Å²) in [6.07, 6.45) is 3.22. The summed E-state index contributed by atoms with van der Waals surface area (Å²) in [5, 5.41) is 7.45. The van der Waals surface area contributed by atoms with Crippen molar-refractivity contribution in [2.24, 2.45) is 5.92 Å². The van der Waals surface area contributed by atoms with Gasteiger partial charge in [-0.2, -0.15) is 5.10 Å². The van der Waals surface area contributed by atoms with Gasteiger partial charge in [-0.1, -0.05) is 13.8 Å². The Morgan fingerprint density at radius 3 is 2.56 bits per heavy atom. The molecular weight excluding hydrogens is 200 g/mol. The number of rotatable bonds is 4. The molecule has 0 unspecified atom stereocenters. The SMILES string of the molecule is CC(C)CNc1ccc(-n2cncn2)cc1. The maximum atomic E-state index is 4.08. The smallest absolute Gasteiger partial charge is 0.138 e. The van der Waals surface area contributed by atoms with Gasteiger partial charge in [-0.05, 0) is 30.2 Å². The molecule has 84 valence electrons. The maximum Gasteiger partial charge on any atom is 0.138 e. The van der Waals surface area contributed by atoms with E-state index in [4.69, 9.17) is 0 Å². The topological polar surface area (TPSA) is 42.7 Å². The van der Waals surface area contributed by atoms with Gasteiger partial charge in [0, 0.05) is 12.2 Å². The maximum absolute atomic E-state index is 4.08. The Morgan fingerprint density at radius 1 is 1.25 bits per heavy atom. The third kappa shape index (κ3) is 2.59. The summed E-state index contributed by atoms with van der Waals surface area (Å²) in [7, 11) is 0. The van der Waals surface area contributed by atoms with Crippen molar-refractivity contribution in [3.8, 4) is 5.69 Å². The van der Waals surface area contributed by atoms with Gasteiger partial charge in [-0.25, -0.2) is 9.67 Å². The minimum atomic E-state index is 0.648. The molecule has 1 aromatic heterocycles. The first-order chi connectivity index (χ1) is 7.75. The fraction of sp³-hybridized carbons (Fsp3) is 0.333. The highest BCUT2D eigenvalue weighted by molar-refractivity contribution is 5.48. The summed E-state index contributed by atoms with van der Waals surface area (Å²) < 4.78 is 1.74. The molecule has 2 rings (SSSR count). The highest BCUT2D eigenvalue weighted by atomic mass is 15.3. The lowest BCUT2D eigenvalue weighted by molar-refractivity contribution is 0.689. The summed E-state index contributed by atoms with van der Waals surface area (Å²) >= 11 is 0. The first-order valence-corrected chi connectivity index (χ1v) is 5.44. The standard InChI is InChI=1S/C12H16N4/c1-10(2)7-14-11-3-5-12(6-4-11)16-9-13-8-15-16/h3-6,8-10,14H,7H2,1-2H3. The highest BCUT2D eigenvalue weighted by Gasteiger charge is 1.98. The molecular formula is C12H16N4. The minimum absolute atomic E-state index is 0.648. The lowest BCUT2D eigenvalue weighted by Crippen LogP contribution is -2.07. The second-order valence-corrected chi connectivity index (χ2v) is 4.16. The molecule has 16 heavy (non-hydrogen) atoms. The molecule has 0 aliphatic heterocycles. The van der Waals surface area contributed by atoms with Crippen LogP contribution < -0.4 is 5.32 Å². The van der Waals surface area contributed by atoms with Crippen LogP contribution in [0.15, 0.2) is 36.9 Å². The zero-order valence-corrected chi connectivity index (χ0v) is 9.59.